The zero-order valence-electron chi connectivity index (χ0n) is 7.81. The Labute approximate surface area is 95.6 Å². The number of halogens is 1. The topological polar surface area (TPSA) is 70.6 Å². The first kappa shape index (κ1) is 10.4. The number of allylic oxidation sites excluding steroid dienone is 1. The van der Waals surface area contributed by atoms with E-state index in [0.29, 0.717) is 0 Å². The molecule has 15 heavy (non-hydrogen) atoms. The van der Waals surface area contributed by atoms with Crippen LogP contribution in [-0.2, 0) is 0 Å². The number of nitrogens with zero attached hydrogens (tertiary/aromatic N) is 1. The zero-order chi connectivity index (χ0) is 10.9. The molecule has 1 aromatic rings. The Balaban J connectivity index is 2.41. The first-order valence-corrected chi connectivity index (χ1v) is 5.18. The molecule has 1 aliphatic rings. The highest BCUT2D eigenvalue weighted by Crippen LogP contribution is 2.23. The number of nitrogens with two attached hydrogens (primary N) is 1. The van der Waals surface area contributed by atoms with Crippen molar-refractivity contribution in [3.05, 3.63) is 40.4 Å². The van der Waals surface area contributed by atoms with E-state index >= 15 is 0 Å². The predicted octanol–water partition coefficient (Wildman–Crippen LogP) is 0.986. The highest BCUT2D eigenvalue weighted by molar-refractivity contribution is 9.12. The molecular weight excluding hydrogens is 258 g/mol. The van der Waals surface area contributed by atoms with Crippen LogP contribution in [0.4, 0.5) is 0 Å². The Hall–Kier alpha value is -1.17. The quantitative estimate of drug-likeness (QED) is 0.665. The normalized spacial score (nSPS) is 25.3. The number of rotatable bonds is 1. The Morgan fingerprint density at radius 3 is 2.67 bits per heavy atom. The molecule has 2 rings (SSSR count). The second-order valence-electron chi connectivity index (χ2n) is 3.20. The summed E-state index contributed by atoms with van der Waals surface area (Å²) in [6.45, 7) is 0. The Kier molecular flexibility index (Phi) is 2.60. The molecular formula is C10H10BrN3O. The van der Waals surface area contributed by atoms with Crippen molar-refractivity contribution >= 4 is 27.8 Å². The number of aliphatic hydroxyl groups is 1. The molecule has 0 spiro atoms. The summed E-state index contributed by atoms with van der Waals surface area (Å²) in [5.74, 6) is -1.73. The fraction of sp³-hybridized carbons (Fsp3) is 0.100. The summed E-state index contributed by atoms with van der Waals surface area (Å²) in [4.78, 5) is 3.71. The van der Waals surface area contributed by atoms with Crippen molar-refractivity contribution in [2.75, 3.05) is 0 Å². The molecule has 1 unspecified atom stereocenters. The summed E-state index contributed by atoms with van der Waals surface area (Å²) in [6.07, 6.45) is 1.48. The van der Waals surface area contributed by atoms with Crippen LogP contribution in [0.1, 0.15) is 5.56 Å². The van der Waals surface area contributed by atoms with Crippen molar-refractivity contribution in [1.29, 1.82) is 0 Å². The van der Waals surface area contributed by atoms with Gasteiger partial charge in [-0.1, -0.05) is 30.3 Å². The average Bonchev–Trinajstić information content (AvgIpc) is 2.23. The lowest BCUT2D eigenvalue weighted by atomic mass is 10.1. The lowest BCUT2D eigenvalue weighted by molar-refractivity contribution is 0.0376. The van der Waals surface area contributed by atoms with E-state index in [-0.39, 0.29) is 0 Å². The monoisotopic (exact) mass is 267 g/mol. The van der Waals surface area contributed by atoms with Crippen LogP contribution >= 0.6 is 15.9 Å². The zero-order valence-corrected chi connectivity index (χ0v) is 9.40. The lowest BCUT2D eigenvalue weighted by Crippen LogP contribution is -2.52. The SMILES string of the molecule is NC1(O)N=CC(Br)=C(c2ccccc2)N1. The molecule has 78 valence electrons. The van der Waals surface area contributed by atoms with E-state index in [1.165, 1.54) is 6.21 Å². The maximum absolute atomic E-state index is 9.54. The Morgan fingerprint density at radius 2 is 2.00 bits per heavy atom. The van der Waals surface area contributed by atoms with Gasteiger partial charge >= 0.3 is 0 Å². The van der Waals surface area contributed by atoms with Gasteiger partial charge in [0.2, 0.25) is 0 Å². The van der Waals surface area contributed by atoms with Crippen molar-refractivity contribution in [3.8, 4) is 0 Å². The van der Waals surface area contributed by atoms with Gasteiger partial charge in [-0.2, -0.15) is 0 Å². The molecule has 1 atom stereocenters. The fourth-order valence-electron chi connectivity index (χ4n) is 1.31. The molecule has 0 saturated carbocycles. The number of aliphatic imine (C=N–C) groups is 1. The van der Waals surface area contributed by atoms with E-state index in [1.807, 2.05) is 30.3 Å². The number of hydrogen-bond donors (Lipinski definition) is 3. The average molecular weight is 268 g/mol. The second-order valence-corrected chi connectivity index (χ2v) is 4.05. The predicted molar refractivity (Wildman–Crippen MR) is 63.1 cm³/mol. The van der Waals surface area contributed by atoms with Crippen LogP contribution in [0.5, 0.6) is 0 Å². The van der Waals surface area contributed by atoms with Gasteiger partial charge < -0.3 is 10.4 Å². The molecule has 4 nitrogen and oxygen atoms in total. The molecule has 4 N–H and O–H groups in total. The van der Waals surface area contributed by atoms with Crippen molar-refractivity contribution in [3.63, 3.8) is 0 Å². The number of nitrogens with one attached hydrogen (secondary N) is 1. The van der Waals surface area contributed by atoms with Crippen LogP contribution in [0.2, 0.25) is 0 Å². The first-order chi connectivity index (χ1) is 7.08. The van der Waals surface area contributed by atoms with Crippen molar-refractivity contribution in [2.24, 2.45) is 10.7 Å². The summed E-state index contributed by atoms with van der Waals surface area (Å²) < 4.78 is 0.754. The number of hydrogen-bond acceptors (Lipinski definition) is 4. The van der Waals surface area contributed by atoms with Crippen LogP contribution < -0.4 is 11.1 Å². The van der Waals surface area contributed by atoms with Gasteiger partial charge in [-0.15, -0.1) is 0 Å². The molecule has 0 aliphatic carbocycles. The van der Waals surface area contributed by atoms with E-state index in [4.69, 9.17) is 5.73 Å². The van der Waals surface area contributed by atoms with E-state index in [0.717, 1.165) is 15.7 Å². The second kappa shape index (κ2) is 3.77. The van der Waals surface area contributed by atoms with Crippen molar-refractivity contribution < 1.29 is 5.11 Å². The molecule has 0 bridgehead atoms. The van der Waals surface area contributed by atoms with E-state index in [2.05, 4.69) is 26.2 Å². The number of benzene rings is 1. The standard InChI is InChI=1S/C10H10BrN3O/c11-8-6-13-10(12,15)14-9(8)7-4-2-1-3-5-7/h1-6,14-15H,12H2. The van der Waals surface area contributed by atoms with Crippen LogP contribution in [-0.4, -0.2) is 17.3 Å². The van der Waals surface area contributed by atoms with Crippen LogP contribution in [0, 0.1) is 0 Å². The molecule has 0 amide bonds. The largest absolute Gasteiger partial charge is 0.340 e. The minimum Gasteiger partial charge on any atom is -0.340 e. The van der Waals surface area contributed by atoms with Crippen LogP contribution in [0.25, 0.3) is 5.70 Å². The minimum absolute atomic E-state index is 0.718. The fourth-order valence-corrected chi connectivity index (χ4v) is 1.74. The maximum Gasteiger partial charge on any atom is 0.295 e. The van der Waals surface area contributed by atoms with Gasteiger partial charge in [0, 0.05) is 6.21 Å². The van der Waals surface area contributed by atoms with Gasteiger partial charge in [0.05, 0.1) is 10.2 Å². The third-order valence-corrected chi connectivity index (χ3v) is 2.59. The molecule has 1 heterocycles. The highest BCUT2D eigenvalue weighted by atomic mass is 79.9. The maximum atomic E-state index is 9.54. The smallest absolute Gasteiger partial charge is 0.295 e. The summed E-state index contributed by atoms with van der Waals surface area (Å²) in [7, 11) is 0. The minimum atomic E-state index is -1.73. The molecule has 5 heteroatoms. The molecule has 0 fully saturated rings. The van der Waals surface area contributed by atoms with E-state index in [1.54, 1.807) is 0 Å². The lowest BCUT2D eigenvalue weighted by Gasteiger charge is -2.26. The molecule has 0 aromatic heterocycles. The van der Waals surface area contributed by atoms with Gasteiger partial charge in [-0.3, -0.25) is 5.73 Å². The van der Waals surface area contributed by atoms with Crippen molar-refractivity contribution in [2.45, 2.75) is 5.97 Å². The summed E-state index contributed by atoms with van der Waals surface area (Å²) in [5, 5.41) is 12.3. The summed E-state index contributed by atoms with van der Waals surface area (Å²) in [6, 6.07) is 9.57. The third-order valence-electron chi connectivity index (χ3n) is 1.98. The third kappa shape index (κ3) is 2.26. The molecule has 0 saturated heterocycles. The van der Waals surface area contributed by atoms with Gasteiger partial charge in [0.1, 0.15) is 0 Å². The van der Waals surface area contributed by atoms with E-state index in [9.17, 15) is 5.11 Å². The summed E-state index contributed by atoms with van der Waals surface area (Å²) in [5.41, 5.74) is 7.11. The van der Waals surface area contributed by atoms with Gasteiger partial charge in [0.25, 0.3) is 5.97 Å². The summed E-state index contributed by atoms with van der Waals surface area (Å²) >= 11 is 3.34. The van der Waals surface area contributed by atoms with E-state index < -0.39 is 5.97 Å². The van der Waals surface area contributed by atoms with Crippen LogP contribution in [0.15, 0.2) is 39.8 Å². The molecule has 1 aliphatic heterocycles. The van der Waals surface area contributed by atoms with Gasteiger partial charge in [0.15, 0.2) is 0 Å². The van der Waals surface area contributed by atoms with Gasteiger partial charge in [-0.05, 0) is 21.5 Å². The van der Waals surface area contributed by atoms with Gasteiger partial charge in [-0.25, -0.2) is 4.99 Å². The van der Waals surface area contributed by atoms with Crippen molar-refractivity contribution in [1.82, 2.24) is 5.32 Å². The molecule has 0 radical (unpaired) electrons. The Morgan fingerprint density at radius 1 is 1.33 bits per heavy atom. The highest BCUT2D eigenvalue weighted by Gasteiger charge is 2.25. The molecule has 1 aromatic carbocycles. The van der Waals surface area contributed by atoms with Crippen LogP contribution in [0.3, 0.4) is 0 Å². The Bertz CT molecular complexity index is 426. The first-order valence-electron chi connectivity index (χ1n) is 4.38.